The number of ether oxygens (including phenoxy) is 1. The van der Waals surface area contributed by atoms with Gasteiger partial charge in [-0.2, -0.15) is 0 Å². The average Bonchev–Trinajstić information content (AvgIpc) is 2.61. The summed E-state index contributed by atoms with van der Waals surface area (Å²) in [6.07, 6.45) is 3.93. The van der Waals surface area contributed by atoms with Gasteiger partial charge < -0.3 is 10.1 Å². The first kappa shape index (κ1) is 17.8. The van der Waals surface area contributed by atoms with E-state index in [9.17, 15) is 4.79 Å². The highest BCUT2D eigenvalue weighted by Crippen LogP contribution is 2.20. The molecule has 0 unspecified atom stereocenters. The molecule has 0 bridgehead atoms. The molecule has 2 rings (SSSR count). The molecule has 0 spiro atoms. The maximum absolute atomic E-state index is 12.8. The maximum atomic E-state index is 12.8. The zero-order valence-corrected chi connectivity index (χ0v) is 14.6. The zero-order chi connectivity index (χ0) is 17.4. The van der Waals surface area contributed by atoms with Gasteiger partial charge in [-0.05, 0) is 42.7 Å². The lowest BCUT2D eigenvalue weighted by molar-refractivity contribution is -0.116. The van der Waals surface area contributed by atoms with Crippen LogP contribution in [-0.4, -0.2) is 19.1 Å². The summed E-state index contributed by atoms with van der Waals surface area (Å²) in [6.45, 7) is 4.16. The smallest absolute Gasteiger partial charge is 0.252 e. The number of amides is 1. The van der Waals surface area contributed by atoms with Crippen molar-refractivity contribution in [3.8, 4) is 5.75 Å². The number of hydrogen-bond donors (Lipinski definition) is 1. The Hall–Kier alpha value is -2.55. The number of carbonyl (C=O) groups excluding carboxylic acids is 1. The molecule has 1 amide bonds. The molecule has 0 fully saturated rings. The summed E-state index contributed by atoms with van der Waals surface area (Å²) in [5, 5.41) is 3.09. The molecule has 1 N–H and O–H groups in total. The van der Waals surface area contributed by atoms with Gasteiger partial charge in [0.2, 0.25) is 0 Å². The Balaban J connectivity index is 2.31. The molecule has 0 aliphatic carbocycles. The van der Waals surface area contributed by atoms with Crippen molar-refractivity contribution in [1.82, 2.24) is 5.32 Å². The summed E-state index contributed by atoms with van der Waals surface area (Å²) in [4.78, 5) is 12.8. The van der Waals surface area contributed by atoms with E-state index in [4.69, 9.17) is 4.74 Å². The third-order valence-corrected chi connectivity index (χ3v) is 3.86. The summed E-state index contributed by atoms with van der Waals surface area (Å²) in [6, 6.07) is 17.6. The van der Waals surface area contributed by atoms with Crippen LogP contribution in [0, 0.1) is 0 Å². The topological polar surface area (TPSA) is 38.3 Å². The van der Waals surface area contributed by atoms with Gasteiger partial charge in [0.25, 0.3) is 5.91 Å². The number of methoxy groups -OCH3 is 1. The maximum Gasteiger partial charge on any atom is 0.252 e. The third kappa shape index (κ3) is 4.98. The lowest BCUT2D eigenvalue weighted by Crippen LogP contribution is -2.32. The van der Waals surface area contributed by atoms with Crippen LogP contribution in [0.3, 0.4) is 0 Å². The molecule has 1 atom stereocenters. The Morgan fingerprint density at radius 3 is 2.38 bits per heavy atom. The van der Waals surface area contributed by atoms with Gasteiger partial charge in [-0.3, -0.25) is 4.79 Å². The number of rotatable bonds is 7. The molecule has 0 saturated heterocycles. The third-order valence-electron chi connectivity index (χ3n) is 3.86. The summed E-state index contributed by atoms with van der Waals surface area (Å²) in [5.74, 6) is 0.757. The van der Waals surface area contributed by atoms with Crippen LogP contribution < -0.4 is 10.1 Å². The van der Waals surface area contributed by atoms with Crippen LogP contribution in [0.1, 0.15) is 37.8 Å². The second-order valence-electron chi connectivity index (χ2n) is 5.86. The lowest BCUT2D eigenvalue weighted by atomic mass is 10.0. The van der Waals surface area contributed by atoms with Crippen LogP contribution in [0.2, 0.25) is 0 Å². The fourth-order valence-corrected chi connectivity index (χ4v) is 2.57. The van der Waals surface area contributed by atoms with Crippen LogP contribution in [0.5, 0.6) is 5.75 Å². The largest absolute Gasteiger partial charge is 0.497 e. The molecule has 0 heterocycles. The molecule has 0 radical (unpaired) electrons. The molecule has 2 aromatic carbocycles. The molecule has 0 aliphatic heterocycles. The highest BCUT2D eigenvalue weighted by Gasteiger charge is 2.14. The van der Waals surface area contributed by atoms with Crippen LogP contribution in [0.4, 0.5) is 0 Å². The number of carbonyl (C=O) groups is 1. The summed E-state index contributed by atoms with van der Waals surface area (Å²) < 4.78 is 5.19. The van der Waals surface area contributed by atoms with Crippen molar-refractivity contribution in [1.29, 1.82) is 0 Å². The number of hydrogen-bond acceptors (Lipinski definition) is 2. The van der Waals surface area contributed by atoms with E-state index in [0.29, 0.717) is 5.57 Å². The van der Waals surface area contributed by atoms with E-state index in [1.165, 1.54) is 0 Å². The van der Waals surface area contributed by atoms with E-state index in [-0.39, 0.29) is 11.9 Å². The Labute approximate surface area is 144 Å². The fraction of sp³-hybridized carbons (Fsp3) is 0.286. The second kappa shape index (κ2) is 8.92. The monoisotopic (exact) mass is 323 g/mol. The molecule has 126 valence electrons. The van der Waals surface area contributed by atoms with Gasteiger partial charge in [0.15, 0.2) is 0 Å². The van der Waals surface area contributed by atoms with Crippen molar-refractivity contribution < 1.29 is 9.53 Å². The van der Waals surface area contributed by atoms with Gasteiger partial charge >= 0.3 is 0 Å². The highest BCUT2D eigenvalue weighted by atomic mass is 16.5. The van der Waals surface area contributed by atoms with Gasteiger partial charge in [0.05, 0.1) is 7.11 Å². The van der Waals surface area contributed by atoms with Crippen molar-refractivity contribution in [3.63, 3.8) is 0 Å². The lowest BCUT2D eigenvalue weighted by Gasteiger charge is -2.15. The first-order valence-electron chi connectivity index (χ1n) is 8.36. The van der Waals surface area contributed by atoms with Crippen molar-refractivity contribution in [2.24, 2.45) is 0 Å². The van der Waals surface area contributed by atoms with Gasteiger partial charge in [-0.25, -0.2) is 0 Å². The predicted molar refractivity (Wildman–Crippen MR) is 99.8 cm³/mol. The molecule has 24 heavy (non-hydrogen) atoms. The predicted octanol–water partition coefficient (Wildman–Crippen LogP) is 4.54. The minimum atomic E-state index is -0.0435. The molecule has 3 heteroatoms. The van der Waals surface area contributed by atoms with Crippen molar-refractivity contribution in [3.05, 3.63) is 65.7 Å². The van der Waals surface area contributed by atoms with E-state index in [1.807, 2.05) is 67.6 Å². The SMILES string of the molecule is CCC[C@@H](C)NC(=O)/C(=C/c1ccc(OC)cc1)c1ccccc1. The molecule has 2 aromatic rings. The van der Waals surface area contributed by atoms with Crippen molar-refractivity contribution in [2.75, 3.05) is 7.11 Å². The Morgan fingerprint density at radius 2 is 1.79 bits per heavy atom. The van der Waals surface area contributed by atoms with E-state index >= 15 is 0 Å². The molecular weight excluding hydrogens is 298 g/mol. The normalized spacial score (nSPS) is 12.5. The first-order valence-corrected chi connectivity index (χ1v) is 8.36. The number of benzene rings is 2. The van der Waals surface area contributed by atoms with Gasteiger partial charge in [0.1, 0.15) is 5.75 Å². The summed E-state index contributed by atoms with van der Waals surface area (Å²) in [7, 11) is 1.64. The fourth-order valence-electron chi connectivity index (χ4n) is 2.57. The standard InChI is InChI=1S/C21H25NO2/c1-4-8-16(2)22-21(23)20(18-9-6-5-7-10-18)15-17-11-13-19(24-3)14-12-17/h5-7,9-16H,4,8H2,1-3H3,(H,22,23)/b20-15+/t16-/m1/s1. The molecule has 0 aromatic heterocycles. The van der Waals surface area contributed by atoms with E-state index < -0.39 is 0 Å². The van der Waals surface area contributed by atoms with Gasteiger partial charge in [-0.1, -0.05) is 55.8 Å². The Morgan fingerprint density at radius 1 is 1.12 bits per heavy atom. The van der Waals surface area contributed by atoms with Crippen LogP contribution >= 0.6 is 0 Å². The van der Waals surface area contributed by atoms with Crippen molar-refractivity contribution >= 4 is 17.6 Å². The second-order valence-corrected chi connectivity index (χ2v) is 5.86. The summed E-state index contributed by atoms with van der Waals surface area (Å²) in [5.41, 5.74) is 2.55. The van der Waals surface area contributed by atoms with Crippen LogP contribution in [0.15, 0.2) is 54.6 Å². The summed E-state index contributed by atoms with van der Waals surface area (Å²) >= 11 is 0. The average molecular weight is 323 g/mol. The van der Waals surface area contributed by atoms with Crippen LogP contribution in [0.25, 0.3) is 11.6 Å². The number of nitrogens with one attached hydrogen (secondary N) is 1. The van der Waals surface area contributed by atoms with Gasteiger partial charge in [0, 0.05) is 11.6 Å². The van der Waals surface area contributed by atoms with E-state index in [1.54, 1.807) is 7.11 Å². The molecule has 3 nitrogen and oxygen atoms in total. The molecule has 0 aliphatic rings. The molecule has 0 saturated carbocycles. The Kier molecular flexibility index (Phi) is 6.62. The minimum absolute atomic E-state index is 0.0435. The quantitative estimate of drug-likeness (QED) is 0.600. The van der Waals surface area contributed by atoms with Gasteiger partial charge in [-0.15, -0.1) is 0 Å². The Bertz CT molecular complexity index is 675. The first-order chi connectivity index (χ1) is 11.6. The van der Waals surface area contributed by atoms with E-state index in [2.05, 4.69) is 12.2 Å². The highest BCUT2D eigenvalue weighted by molar-refractivity contribution is 6.24. The zero-order valence-electron chi connectivity index (χ0n) is 14.6. The van der Waals surface area contributed by atoms with E-state index in [0.717, 1.165) is 29.7 Å². The molecular formula is C21H25NO2. The van der Waals surface area contributed by atoms with Crippen LogP contribution in [-0.2, 0) is 4.79 Å². The minimum Gasteiger partial charge on any atom is -0.497 e. The van der Waals surface area contributed by atoms with Crippen molar-refractivity contribution in [2.45, 2.75) is 32.7 Å².